The van der Waals surface area contributed by atoms with Crippen molar-refractivity contribution in [3.63, 3.8) is 0 Å². The number of nitrogens with zero attached hydrogens (tertiary/aromatic N) is 2. The van der Waals surface area contributed by atoms with Crippen molar-refractivity contribution in [2.75, 3.05) is 32.6 Å². The molecule has 0 aliphatic carbocycles. The fourth-order valence-corrected chi connectivity index (χ4v) is 3.64. The number of hydrogen-bond acceptors (Lipinski definition) is 4. The average Bonchev–Trinajstić information content (AvgIpc) is 2.54. The molecule has 0 saturated carbocycles. The van der Waals surface area contributed by atoms with E-state index in [9.17, 15) is 0 Å². The highest BCUT2D eigenvalue weighted by Crippen LogP contribution is 2.49. The standard InChI is InChI=1S/C18H22N2OS/c1-13(19(2)3)12-20-15-7-5-6-8-17(15)22-18-10-9-14(21-4)11-16(18)20/h5-11,13H,12H2,1-4H3/t13-/m1/s1. The lowest BCUT2D eigenvalue weighted by Gasteiger charge is -2.36. The van der Waals surface area contributed by atoms with Crippen LogP contribution in [0.5, 0.6) is 5.75 Å². The first-order valence-electron chi connectivity index (χ1n) is 7.49. The number of likely N-dealkylation sites (N-methyl/N-ethyl adjacent to an activating group) is 1. The van der Waals surface area contributed by atoms with Gasteiger partial charge in [-0.15, -0.1) is 0 Å². The summed E-state index contributed by atoms with van der Waals surface area (Å²) < 4.78 is 5.42. The van der Waals surface area contributed by atoms with Crippen LogP contribution in [0, 0.1) is 0 Å². The van der Waals surface area contributed by atoms with Crippen LogP contribution >= 0.6 is 11.8 Å². The van der Waals surface area contributed by atoms with Gasteiger partial charge in [0.1, 0.15) is 5.75 Å². The number of anilines is 2. The molecule has 2 aromatic rings. The second-order valence-corrected chi connectivity index (χ2v) is 6.91. The summed E-state index contributed by atoms with van der Waals surface area (Å²) in [6, 6.07) is 15.4. The lowest BCUT2D eigenvalue weighted by molar-refractivity contribution is 0.319. The molecule has 1 aliphatic heterocycles. The van der Waals surface area contributed by atoms with E-state index in [1.54, 1.807) is 7.11 Å². The van der Waals surface area contributed by atoms with Crippen molar-refractivity contribution >= 4 is 23.1 Å². The number of hydrogen-bond donors (Lipinski definition) is 0. The smallest absolute Gasteiger partial charge is 0.121 e. The quantitative estimate of drug-likeness (QED) is 0.838. The van der Waals surface area contributed by atoms with Crippen LogP contribution in [0.2, 0.25) is 0 Å². The summed E-state index contributed by atoms with van der Waals surface area (Å²) in [5.74, 6) is 0.904. The molecule has 2 aromatic carbocycles. The van der Waals surface area contributed by atoms with Crippen LogP contribution in [-0.4, -0.2) is 38.7 Å². The Bertz CT molecular complexity index is 672. The van der Waals surface area contributed by atoms with Gasteiger partial charge in [0.05, 0.1) is 18.5 Å². The molecule has 0 radical (unpaired) electrons. The highest BCUT2D eigenvalue weighted by atomic mass is 32.2. The van der Waals surface area contributed by atoms with Gasteiger partial charge in [0.2, 0.25) is 0 Å². The van der Waals surface area contributed by atoms with Crippen molar-refractivity contribution in [1.82, 2.24) is 4.90 Å². The summed E-state index contributed by atoms with van der Waals surface area (Å²) >= 11 is 1.83. The first-order chi connectivity index (χ1) is 10.6. The topological polar surface area (TPSA) is 15.7 Å². The third kappa shape index (κ3) is 2.81. The monoisotopic (exact) mass is 314 g/mol. The molecule has 1 heterocycles. The number of rotatable bonds is 4. The maximum atomic E-state index is 5.42. The summed E-state index contributed by atoms with van der Waals surface area (Å²) in [6.07, 6.45) is 0. The van der Waals surface area contributed by atoms with E-state index >= 15 is 0 Å². The van der Waals surface area contributed by atoms with Gasteiger partial charge in [0.25, 0.3) is 0 Å². The highest BCUT2D eigenvalue weighted by molar-refractivity contribution is 7.99. The third-order valence-electron chi connectivity index (χ3n) is 4.16. The van der Waals surface area contributed by atoms with E-state index in [-0.39, 0.29) is 0 Å². The Kier molecular flexibility index (Phi) is 4.32. The highest BCUT2D eigenvalue weighted by Gasteiger charge is 2.25. The van der Waals surface area contributed by atoms with Crippen molar-refractivity contribution in [3.8, 4) is 5.75 Å². The first-order valence-corrected chi connectivity index (χ1v) is 8.30. The van der Waals surface area contributed by atoms with E-state index in [0.29, 0.717) is 6.04 Å². The SMILES string of the molecule is COc1ccc2c(c1)N(C[C@@H](C)N(C)C)c1ccccc1S2. The van der Waals surface area contributed by atoms with Crippen molar-refractivity contribution < 1.29 is 4.74 Å². The van der Waals surface area contributed by atoms with Crippen LogP contribution in [-0.2, 0) is 0 Å². The number of para-hydroxylation sites is 1. The Morgan fingerprint density at radius 3 is 2.55 bits per heavy atom. The van der Waals surface area contributed by atoms with Crippen molar-refractivity contribution in [3.05, 3.63) is 42.5 Å². The molecule has 3 nitrogen and oxygen atoms in total. The molecule has 0 amide bonds. The lowest BCUT2D eigenvalue weighted by atomic mass is 10.2. The Hall–Kier alpha value is -1.65. The molecule has 0 N–H and O–H groups in total. The van der Waals surface area contributed by atoms with E-state index in [2.05, 4.69) is 67.2 Å². The zero-order chi connectivity index (χ0) is 15.7. The molecule has 4 heteroatoms. The minimum atomic E-state index is 0.454. The Morgan fingerprint density at radius 1 is 1.09 bits per heavy atom. The maximum Gasteiger partial charge on any atom is 0.121 e. The molecule has 1 aliphatic rings. The minimum Gasteiger partial charge on any atom is -0.497 e. The van der Waals surface area contributed by atoms with Crippen LogP contribution in [0.3, 0.4) is 0 Å². The Balaban J connectivity index is 2.06. The van der Waals surface area contributed by atoms with Gasteiger partial charge in [0, 0.05) is 28.4 Å². The normalized spacial score (nSPS) is 14.5. The second-order valence-electron chi connectivity index (χ2n) is 5.83. The van der Waals surface area contributed by atoms with Crippen LogP contribution < -0.4 is 9.64 Å². The molecule has 0 spiro atoms. The van der Waals surface area contributed by atoms with E-state index < -0.39 is 0 Å². The van der Waals surface area contributed by atoms with Crippen molar-refractivity contribution in [1.29, 1.82) is 0 Å². The molecule has 116 valence electrons. The Morgan fingerprint density at radius 2 is 1.82 bits per heavy atom. The summed E-state index contributed by atoms with van der Waals surface area (Å²) in [5, 5.41) is 0. The first kappa shape index (κ1) is 15.3. The summed E-state index contributed by atoms with van der Waals surface area (Å²) in [4.78, 5) is 7.26. The van der Waals surface area contributed by atoms with Gasteiger partial charge in [0.15, 0.2) is 0 Å². The largest absolute Gasteiger partial charge is 0.497 e. The molecule has 0 aromatic heterocycles. The van der Waals surface area contributed by atoms with E-state index in [4.69, 9.17) is 4.74 Å². The van der Waals surface area contributed by atoms with Gasteiger partial charge in [-0.1, -0.05) is 23.9 Å². The van der Waals surface area contributed by atoms with Gasteiger partial charge in [-0.25, -0.2) is 0 Å². The molecule has 1 atom stereocenters. The van der Waals surface area contributed by atoms with Crippen LogP contribution in [0.25, 0.3) is 0 Å². The van der Waals surface area contributed by atoms with Gasteiger partial charge in [-0.2, -0.15) is 0 Å². The summed E-state index contributed by atoms with van der Waals surface area (Å²) in [7, 11) is 5.97. The minimum absolute atomic E-state index is 0.454. The number of fused-ring (bicyclic) bond motifs is 2. The third-order valence-corrected chi connectivity index (χ3v) is 5.29. The lowest BCUT2D eigenvalue weighted by Crippen LogP contribution is -2.37. The predicted molar refractivity (Wildman–Crippen MR) is 93.7 cm³/mol. The maximum absolute atomic E-state index is 5.42. The fraction of sp³-hybridized carbons (Fsp3) is 0.333. The Labute approximate surface area is 136 Å². The second kappa shape index (κ2) is 6.23. The average molecular weight is 314 g/mol. The molecule has 0 saturated heterocycles. The van der Waals surface area contributed by atoms with E-state index in [1.165, 1.54) is 21.2 Å². The van der Waals surface area contributed by atoms with Crippen molar-refractivity contribution in [2.24, 2.45) is 0 Å². The number of methoxy groups -OCH3 is 1. The van der Waals surface area contributed by atoms with Gasteiger partial charge >= 0.3 is 0 Å². The van der Waals surface area contributed by atoms with Gasteiger partial charge < -0.3 is 14.5 Å². The van der Waals surface area contributed by atoms with E-state index in [0.717, 1.165) is 12.3 Å². The van der Waals surface area contributed by atoms with E-state index in [1.807, 2.05) is 17.8 Å². The fourth-order valence-electron chi connectivity index (χ4n) is 2.56. The summed E-state index contributed by atoms with van der Waals surface area (Å²) in [6.45, 7) is 3.20. The van der Waals surface area contributed by atoms with Crippen LogP contribution in [0.1, 0.15) is 6.92 Å². The zero-order valence-electron chi connectivity index (χ0n) is 13.5. The molecular weight excluding hydrogens is 292 g/mol. The molecule has 0 bridgehead atoms. The molecule has 0 fully saturated rings. The molecular formula is C18H22N2OS. The van der Waals surface area contributed by atoms with Gasteiger partial charge in [-0.05, 0) is 45.3 Å². The number of ether oxygens (including phenoxy) is 1. The van der Waals surface area contributed by atoms with Crippen LogP contribution in [0.15, 0.2) is 52.3 Å². The van der Waals surface area contributed by atoms with Crippen molar-refractivity contribution in [2.45, 2.75) is 22.8 Å². The zero-order valence-corrected chi connectivity index (χ0v) is 14.4. The van der Waals surface area contributed by atoms with Gasteiger partial charge in [-0.3, -0.25) is 0 Å². The molecule has 22 heavy (non-hydrogen) atoms. The molecule has 3 rings (SSSR count). The number of benzene rings is 2. The summed E-state index contributed by atoms with van der Waals surface area (Å²) in [5.41, 5.74) is 2.51. The molecule has 0 unspecified atom stereocenters. The van der Waals surface area contributed by atoms with Crippen LogP contribution in [0.4, 0.5) is 11.4 Å². The predicted octanol–water partition coefficient (Wildman–Crippen LogP) is 4.25.